The molecule has 0 radical (unpaired) electrons. The molecule has 0 aromatic rings. The third kappa shape index (κ3) is 2.01. The Balaban J connectivity index is 1.80. The van der Waals surface area contributed by atoms with Gasteiger partial charge >= 0.3 is 0 Å². The van der Waals surface area contributed by atoms with E-state index in [9.17, 15) is 4.79 Å². The number of nitrogens with zero attached hydrogens (tertiary/aromatic N) is 1. The summed E-state index contributed by atoms with van der Waals surface area (Å²) in [4.78, 5) is 13.9. The number of nitrogens with one attached hydrogen (secondary N) is 1. The van der Waals surface area contributed by atoms with Crippen molar-refractivity contribution in [3.8, 4) is 0 Å². The minimum atomic E-state index is 0.0520. The molecule has 0 aromatic carbocycles. The molecule has 2 aliphatic rings. The van der Waals surface area contributed by atoms with Gasteiger partial charge in [-0.15, -0.1) is 0 Å². The Kier molecular flexibility index (Phi) is 3.26. The Labute approximate surface area is 91.0 Å². The van der Waals surface area contributed by atoms with Crippen molar-refractivity contribution < 1.29 is 9.53 Å². The van der Waals surface area contributed by atoms with Crippen molar-refractivity contribution >= 4 is 5.91 Å². The molecule has 1 aliphatic carbocycles. The lowest BCUT2D eigenvalue weighted by Crippen LogP contribution is -2.50. The Morgan fingerprint density at radius 1 is 1.53 bits per heavy atom. The van der Waals surface area contributed by atoms with Crippen LogP contribution in [0.4, 0.5) is 0 Å². The molecule has 15 heavy (non-hydrogen) atoms. The molecule has 2 rings (SSSR count). The van der Waals surface area contributed by atoms with Crippen LogP contribution < -0.4 is 5.32 Å². The predicted octanol–water partition coefficient (Wildman–Crippen LogP) is 0.374. The van der Waals surface area contributed by atoms with Crippen molar-refractivity contribution in [3.05, 3.63) is 0 Å². The van der Waals surface area contributed by atoms with Gasteiger partial charge in [0, 0.05) is 19.2 Å². The molecule has 0 bridgehead atoms. The van der Waals surface area contributed by atoms with Crippen LogP contribution in [0, 0.1) is 0 Å². The first kappa shape index (κ1) is 10.9. The normalized spacial score (nSPS) is 35.7. The molecule has 1 atom stereocenters. The van der Waals surface area contributed by atoms with Gasteiger partial charge in [-0.3, -0.25) is 4.79 Å². The minimum Gasteiger partial charge on any atom is -0.378 e. The molecule has 86 valence electrons. The van der Waals surface area contributed by atoms with Crippen molar-refractivity contribution in [2.75, 3.05) is 20.2 Å². The second-order valence-electron chi connectivity index (χ2n) is 4.36. The fourth-order valence-corrected chi connectivity index (χ4v) is 2.50. The number of hydrogen-bond donors (Lipinski definition) is 1. The SMILES string of the molecule is CCOC1CC(N2CCC(NC)C2=O)C1. The van der Waals surface area contributed by atoms with Crippen LogP contribution in [-0.2, 0) is 9.53 Å². The van der Waals surface area contributed by atoms with Crippen LogP contribution in [-0.4, -0.2) is 49.2 Å². The van der Waals surface area contributed by atoms with Crippen LogP contribution in [0.15, 0.2) is 0 Å². The number of likely N-dealkylation sites (N-methyl/N-ethyl adjacent to an activating group) is 1. The lowest BCUT2D eigenvalue weighted by Gasteiger charge is -2.40. The van der Waals surface area contributed by atoms with E-state index in [0.29, 0.717) is 12.1 Å². The highest BCUT2D eigenvalue weighted by molar-refractivity contribution is 5.84. The maximum atomic E-state index is 11.9. The van der Waals surface area contributed by atoms with Gasteiger partial charge in [0.15, 0.2) is 0 Å². The van der Waals surface area contributed by atoms with Gasteiger partial charge in [0.05, 0.1) is 12.1 Å². The smallest absolute Gasteiger partial charge is 0.240 e. The standard InChI is InChI=1S/C11H20N2O2/c1-3-15-9-6-8(7-9)13-5-4-10(12-2)11(13)14/h8-10,12H,3-7H2,1-2H3. The average molecular weight is 212 g/mol. The van der Waals surface area contributed by atoms with Crippen LogP contribution in [0.3, 0.4) is 0 Å². The van der Waals surface area contributed by atoms with Crippen LogP contribution in [0.2, 0.25) is 0 Å². The third-order valence-corrected chi connectivity index (χ3v) is 3.50. The average Bonchev–Trinajstić information content (AvgIpc) is 2.53. The molecule has 1 amide bonds. The largest absolute Gasteiger partial charge is 0.378 e. The van der Waals surface area contributed by atoms with E-state index in [4.69, 9.17) is 4.74 Å². The zero-order chi connectivity index (χ0) is 10.8. The van der Waals surface area contributed by atoms with Gasteiger partial charge in [0.2, 0.25) is 5.91 Å². The second-order valence-corrected chi connectivity index (χ2v) is 4.36. The molecule has 4 heteroatoms. The Morgan fingerprint density at radius 2 is 2.27 bits per heavy atom. The first-order valence-electron chi connectivity index (χ1n) is 5.85. The minimum absolute atomic E-state index is 0.0520. The van der Waals surface area contributed by atoms with Gasteiger partial charge in [0.1, 0.15) is 0 Å². The zero-order valence-electron chi connectivity index (χ0n) is 9.53. The number of carbonyl (C=O) groups excluding carboxylic acids is 1. The molecule has 1 saturated carbocycles. The van der Waals surface area contributed by atoms with Crippen molar-refractivity contribution in [1.29, 1.82) is 0 Å². The molecule has 2 fully saturated rings. The summed E-state index contributed by atoms with van der Waals surface area (Å²) in [7, 11) is 1.86. The van der Waals surface area contributed by atoms with E-state index >= 15 is 0 Å². The summed E-state index contributed by atoms with van der Waals surface area (Å²) in [5.41, 5.74) is 0. The van der Waals surface area contributed by atoms with Crippen molar-refractivity contribution in [3.63, 3.8) is 0 Å². The maximum absolute atomic E-state index is 11.9. The number of amides is 1. The van der Waals surface area contributed by atoms with E-state index in [1.807, 2.05) is 18.9 Å². The summed E-state index contributed by atoms with van der Waals surface area (Å²) in [6.07, 6.45) is 3.39. The van der Waals surface area contributed by atoms with E-state index in [1.165, 1.54) is 0 Å². The van der Waals surface area contributed by atoms with Crippen molar-refractivity contribution in [1.82, 2.24) is 10.2 Å². The Bertz CT molecular complexity index is 239. The third-order valence-electron chi connectivity index (χ3n) is 3.50. The molecule has 4 nitrogen and oxygen atoms in total. The first-order valence-corrected chi connectivity index (χ1v) is 5.85. The summed E-state index contributed by atoms with van der Waals surface area (Å²) in [6, 6.07) is 0.489. The second kappa shape index (κ2) is 4.49. The van der Waals surface area contributed by atoms with E-state index in [1.54, 1.807) is 0 Å². The highest BCUT2D eigenvalue weighted by atomic mass is 16.5. The molecule has 1 aliphatic heterocycles. The summed E-state index contributed by atoms with van der Waals surface area (Å²) in [5, 5.41) is 3.06. The monoisotopic (exact) mass is 212 g/mol. The first-order chi connectivity index (χ1) is 7.26. The predicted molar refractivity (Wildman–Crippen MR) is 57.6 cm³/mol. The fourth-order valence-electron chi connectivity index (χ4n) is 2.50. The number of ether oxygens (including phenoxy) is 1. The molecule has 0 aromatic heterocycles. The highest BCUT2D eigenvalue weighted by Crippen LogP contribution is 2.31. The van der Waals surface area contributed by atoms with Gasteiger partial charge < -0.3 is 15.0 Å². The fraction of sp³-hybridized carbons (Fsp3) is 0.909. The van der Waals surface area contributed by atoms with Crippen LogP contribution >= 0.6 is 0 Å². The summed E-state index contributed by atoms with van der Waals surface area (Å²) < 4.78 is 5.50. The maximum Gasteiger partial charge on any atom is 0.240 e. The molecular formula is C11H20N2O2. The van der Waals surface area contributed by atoms with Gasteiger partial charge in [0.25, 0.3) is 0 Å². The zero-order valence-corrected chi connectivity index (χ0v) is 9.53. The molecule has 1 saturated heterocycles. The summed E-state index contributed by atoms with van der Waals surface area (Å²) in [6.45, 7) is 3.71. The summed E-state index contributed by atoms with van der Waals surface area (Å²) >= 11 is 0. The van der Waals surface area contributed by atoms with Gasteiger partial charge in [-0.05, 0) is 33.2 Å². The van der Waals surface area contributed by atoms with Gasteiger partial charge in [-0.25, -0.2) is 0 Å². The topological polar surface area (TPSA) is 41.6 Å². The summed E-state index contributed by atoms with van der Waals surface area (Å²) in [5.74, 6) is 0.275. The van der Waals surface area contributed by atoms with Gasteiger partial charge in [-0.1, -0.05) is 0 Å². The Morgan fingerprint density at radius 3 is 2.80 bits per heavy atom. The Hall–Kier alpha value is -0.610. The van der Waals surface area contributed by atoms with Crippen molar-refractivity contribution in [2.45, 2.75) is 44.4 Å². The van der Waals surface area contributed by atoms with Crippen LogP contribution in [0.1, 0.15) is 26.2 Å². The number of hydrogen-bond acceptors (Lipinski definition) is 3. The lowest BCUT2D eigenvalue weighted by molar-refractivity contribution is -0.136. The molecular weight excluding hydrogens is 192 g/mol. The molecule has 1 unspecified atom stereocenters. The molecule has 1 heterocycles. The quantitative estimate of drug-likeness (QED) is 0.732. The molecule has 1 N–H and O–H groups in total. The van der Waals surface area contributed by atoms with Crippen molar-refractivity contribution in [2.24, 2.45) is 0 Å². The van der Waals surface area contributed by atoms with E-state index in [0.717, 1.165) is 32.4 Å². The number of likely N-dealkylation sites (tertiary alicyclic amines) is 1. The van der Waals surface area contributed by atoms with E-state index < -0.39 is 0 Å². The number of carbonyl (C=O) groups is 1. The number of rotatable bonds is 4. The van der Waals surface area contributed by atoms with E-state index in [-0.39, 0.29) is 11.9 Å². The highest BCUT2D eigenvalue weighted by Gasteiger charge is 2.41. The van der Waals surface area contributed by atoms with Crippen LogP contribution in [0.5, 0.6) is 0 Å². The lowest BCUT2D eigenvalue weighted by atomic mass is 9.88. The molecule has 0 spiro atoms. The van der Waals surface area contributed by atoms with E-state index in [2.05, 4.69) is 5.32 Å². The van der Waals surface area contributed by atoms with Gasteiger partial charge in [-0.2, -0.15) is 0 Å². The van der Waals surface area contributed by atoms with Crippen LogP contribution in [0.25, 0.3) is 0 Å².